The second kappa shape index (κ2) is 8.08. The van der Waals surface area contributed by atoms with Crippen LogP contribution in [0, 0.1) is 11.8 Å². The van der Waals surface area contributed by atoms with Crippen molar-refractivity contribution in [2.75, 3.05) is 6.61 Å². The summed E-state index contributed by atoms with van der Waals surface area (Å²) >= 11 is 5.17. The van der Waals surface area contributed by atoms with Gasteiger partial charge in [0.1, 0.15) is 0 Å². The third-order valence-corrected chi connectivity index (χ3v) is 5.07. The molecule has 1 unspecified atom stereocenters. The van der Waals surface area contributed by atoms with Gasteiger partial charge in [0.05, 0.1) is 17.1 Å². The number of carbonyl (C=O) groups is 1. The molecule has 0 spiro atoms. The lowest BCUT2D eigenvalue weighted by atomic mass is 9.79. The molecule has 1 atom stereocenters. The third kappa shape index (κ3) is 4.92. The lowest BCUT2D eigenvalue weighted by molar-refractivity contribution is -0.125. The number of hydrogen-bond donors (Lipinski definition) is 2. The highest BCUT2D eigenvalue weighted by molar-refractivity contribution is 7.80. The van der Waals surface area contributed by atoms with Crippen molar-refractivity contribution in [3.8, 4) is 0 Å². The Labute approximate surface area is 133 Å². The molecule has 0 saturated heterocycles. The van der Waals surface area contributed by atoms with Crippen molar-refractivity contribution < 1.29 is 9.53 Å². The molecule has 1 amide bonds. The van der Waals surface area contributed by atoms with Crippen LogP contribution in [0.15, 0.2) is 0 Å². The number of carbonyl (C=O) groups excluding carboxylic acids is 1. The fourth-order valence-electron chi connectivity index (χ4n) is 3.60. The van der Waals surface area contributed by atoms with Gasteiger partial charge in [-0.25, -0.2) is 0 Å². The van der Waals surface area contributed by atoms with Crippen LogP contribution in [-0.2, 0) is 9.53 Å². The number of amides is 1. The Balaban J connectivity index is 1.75. The second-order valence-corrected chi connectivity index (χ2v) is 6.94. The van der Waals surface area contributed by atoms with Gasteiger partial charge in [0, 0.05) is 13.0 Å². The van der Waals surface area contributed by atoms with E-state index in [0.717, 1.165) is 32.3 Å². The van der Waals surface area contributed by atoms with E-state index < -0.39 is 0 Å². The summed E-state index contributed by atoms with van der Waals surface area (Å²) in [5.74, 6) is 0.982. The van der Waals surface area contributed by atoms with Crippen molar-refractivity contribution in [3.63, 3.8) is 0 Å². The van der Waals surface area contributed by atoms with Crippen LogP contribution in [0.4, 0.5) is 0 Å². The largest absolute Gasteiger partial charge is 0.392 e. The molecule has 0 aliphatic heterocycles. The van der Waals surface area contributed by atoms with Crippen LogP contribution >= 0.6 is 12.2 Å². The molecule has 0 aromatic carbocycles. The van der Waals surface area contributed by atoms with Crippen molar-refractivity contribution in [2.45, 2.75) is 70.4 Å². The van der Waals surface area contributed by atoms with Gasteiger partial charge < -0.3 is 15.8 Å². The summed E-state index contributed by atoms with van der Waals surface area (Å²) in [7, 11) is 0. The maximum absolute atomic E-state index is 12.2. The Morgan fingerprint density at radius 2 is 2.00 bits per heavy atom. The number of ether oxygens (including phenoxy) is 1. The van der Waals surface area contributed by atoms with E-state index in [4.69, 9.17) is 22.7 Å². The van der Waals surface area contributed by atoms with Crippen LogP contribution in [0.1, 0.15) is 58.3 Å². The van der Waals surface area contributed by atoms with Crippen LogP contribution in [-0.4, -0.2) is 29.6 Å². The average molecular weight is 312 g/mol. The number of thiocarbonyl (C=S) groups is 1. The number of hydrogen-bond acceptors (Lipinski definition) is 3. The molecule has 0 radical (unpaired) electrons. The lowest BCUT2D eigenvalue weighted by Gasteiger charge is -2.35. The van der Waals surface area contributed by atoms with E-state index in [1.54, 1.807) is 0 Å². The number of nitrogens with one attached hydrogen (secondary N) is 1. The number of rotatable bonds is 7. The van der Waals surface area contributed by atoms with E-state index in [9.17, 15) is 4.79 Å². The minimum Gasteiger partial charge on any atom is -0.392 e. The predicted molar refractivity (Wildman–Crippen MR) is 88.0 cm³/mol. The molecule has 0 aromatic rings. The van der Waals surface area contributed by atoms with Gasteiger partial charge in [0.15, 0.2) is 0 Å². The first-order valence-electron chi connectivity index (χ1n) is 8.30. The molecule has 21 heavy (non-hydrogen) atoms. The standard InChI is InChI=1S/C16H28N2O2S/c1-2-20-13-8-11(9-13)10-14(19)18-15(16(17)21)12-6-4-3-5-7-12/h11-13,15H,2-10H2,1H3,(H2,17,21)(H,18,19). The summed E-state index contributed by atoms with van der Waals surface area (Å²) in [6.45, 7) is 2.77. The SMILES string of the molecule is CCOC1CC(CC(=O)NC(C(N)=S)C2CCCCC2)C1. The molecule has 120 valence electrons. The molecule has 2 rings (SSSR count). The second-order valence-electron chi connectivity index (χ2n) is 6.46. The van der Waals surface area contributed by atoms with Crippen molar-refractivity contribution in [1.82, 2.24) is 5.32 Å². The van der Waals surface area contributed by atoms with Gasteiger partial charge in [-0.2, -0.15) is 0 Å². The van der Waals surface area contributed by atoms with Crippen molar-refractivity contribution in [1.29, 1.82) is 0 Å². The fourth-order valence-corrected chi connectivity index (χ4v) is 3.85. The molecule has 5 heteroatoms. The Hall–Kier alpha value is -0.680. The van der Waals surface area contributed by atoms with E-state index in [0.29, 0.717) is 29.3 Å². The Bertz CT molecular complexity index is 363. The van der Waals surface area contributed by atoms with Gasteiger partial charge >= 0.3 is 0 Å². The van der Waals surface area contributed by atoms with Gasteiger partial charge in [0.25, 0.3) is 0 Å². The van der Waals surface area contributed by atoms with Gasteiger partial charge in [-0.15, -0.1) is 0 Å². The van der Waals surface area contributed by atoms with Crippen molar-refractivity contribution in [2.24, 2.45) is 17.6 Å². The maximum Gasteiger partial charge on any atom is 0.220 e. The fraction of sp³-hybridized carbons (Fsp3) is 0.875. The van der Waals surface area contributed by atoms with E-state index in [-0.39, 0.29) is 11.9 Å². The topological polar surface area (TPSA) is 64.3 Å². The minimum atomic E-state index is -0.115. The molecular weight excluding hydrogens is 284 g/mol. The zero-order chi connectivity index (χ0) is 15.2. The lowest BCUT2D eigenvalue weighted by Crippen LogP contribution is -2.49. The maximum atomic E-state index is 12.2. The summed E-state index contributed by atoms with van der Waals surface area (Å²) < 4.78 is 5.53. The molecule has 4 nitrogen and oxygen atoms in total. The third-order valence-electron chi connectivity index (χ3n) is 4.81. The summed E-state index contributed by atoms with van der Waals surface area (Å²) in [4.78, 5) is 12.6. The Kier molecular flexibility index (Phi) is 6.42. The van der Waals surface area contributed by atoms with Crippen LogP contribution < -0.4 is 11.1 Å². The Morgan fingerprint density at radius 1 is 1.33 bits per heavy atom. The Morgan fingerprint density at radius 3 is 2.57 bits per heavy atom. The van der Waals surface area contributed by atoms with Gasteiger partial charge in [-0.3, -0.25) is 4.79 Å². The molecule has 0 heterocycles. The van der Waals surface area contributed by atoms with E-state index >= 15 is 0 Å². The van der Waals surface area contributed by atoms with Crippen LogP contribution in [0.25, 0.3) is 0 Å². The monoisotopic (exact) mass is 312 g/mol. The highest BCUT2D eigenvalue weighted by Gasteiger charge is 2.33. The molecule has 2 aliphatic rings. The highest BCUT2D eigenvalue weighted by atomic mass is 32.1. The molecular formula is C16H28N2O2S. The first-order chi connectivity index (χ1) is 10.1. The minimum absolute atomic E-state index is 0.0957. The van der Waals surface area contributed by atoms with Crippen LogP contribution in [0.5, 0.6) is 0 Å². The quantitative estimate of drug-likeness (QED) is 0.709. The molecule has 0 aromatic heterocycles. The first kappa shape index (κ1) is 16.7. The van der Waals surface area contributed by atoms with Crippen LogP contribution in [0.2, 0.25) is 0 Å². The summed E-state index contributed by atoms with van der Waals surface area (Å²) in [6.07, 6.45) is 8.92. The summed E-state index contributed by atoms with van der Waals surface area (Å²) in [5, 5.41) is 3.09. The van der Waals surface area contributed by atoms with E-state index in [2.05, 4.69) is 5.32 Å². The highest BCUT2D eigenvalue weighted by Crippen LogP contribution is 2.33. The summed E-state index contributed by atoms with van der Waals surface area (Å²) in [6, 6.07) is -0.115. The molecule has 2 saturated carbocycles. The normalized spacial score (nSPS) is 27.7. The van der Waals surface area contributed by atoms with Crippen molar-refractivity contribution >= 4 is 23.1 Å². The zero-order valence-corrected chi connectivity index (χ0v) is 13.8. The molecule has 2 aliphatic carbocycles. The number of nitrogens with two attached hydrogens (primary N) is 1. The van der Waals surface area contributed by atoms with Crippen LogP contribution in [0.3, 0.4) is 0 Å². The summed E-state index contributed by atoms with van der Waals surface area (Å²) in [5.41, 5.74) is 5.85. The first-order valence-corrected chi connectivity index (χ1v) is 8.71. The average Bonchev–Trinajstić information content (AvgIpc) is 2.43. The van der Waals surface area contributed by atoms with E-state index in [1.165, 1.54) is 19.3 Å². The zero-order valence-electron chi connectivity index (χ0n) is 13.0. The molecule has 2 fully saturated rings. The predicted octanol–water partition coefficient (Wildman–Crippen LogP) is 2.54. The van der Waals surface area contributed by atoms with Gasteiger partial charge in [-0.1, -0.05) is 31.5 Å². The molecule has 0 bridgehead atoms. The van der Waals surface area contributed by atoms with Gasteiger partial charge in [-0.05, 0) is 44.4 Å². The molecule has 3 N–H and O–H groups in total. The van der Waals surface area contributed by atoms with E-state index in [1.807, 2.05) is 6.92 Å². The van der Waals surface area contributed by atoms with Crippen molar-refractivity contribution in [3.05, 3.63) is 0 Å². The van der Waals surface area contributed by atoms with Gasteiger partial charge in [0.2, 0.25) is 5.91 Å². The smallest absolute Gasteiger partial charge is 0.220 e.